The van der Waals surface area contributed by atoms with Crippen molar-refractivity contribution in [2.45, 2.75) is 38.3 Å². The van der Waals surface area contributed by atoms with Gasteiger partial charge in [0.2, 0.25) is 0 Å². The SMILES string of the molecule is Cn1ccc(NC(=O)N2CCCC2C(C)(C)O)n1. The van der Waals surface area contributed by atoms with Crippen LogP contribution in [-0.2, 0) is 7.05 Å². The van der Waals surface area contributed by atoms with Crippen LogP contribution in [0.4, 0.5) is 10.6 Å². The number of aromatic nitrogens is 2. The van der Waals surface area contributed by atoms with Crippen molar-refractivity contribution in [1.82, 2.24) is 14.7 Å². The molecule has 6 heteroatoms. The number of aliphatic hydroxyl groups is 1. The van der Waals surface area contributed by atoms with Crippen LogP contribution in [0.5, 0.6) is 0 Å². The highest BCUT2D eigenvalue weighted by Gasteiger charge is 2.38. The molecule has 2 heterocycles. The summed E-state index contributed by atoms with van der Waals surface area (Å²) >= 11 is 0. The van der Waals surface area contributed by atoms with E-state index in [2.05, 4.69) is 10.4 Å². The van der Waals surface area contributed by atoms with Crippen molar-refractivity contribution in [2.24, 2.45) is 7.05 Å². The Morgan fingerprint density at radius 1 is 1.61 bits per heavy atom. The van der Waals surface area contributed by atoms with Gasteiger partial charge in [-0.05, 0) is 26.7 Å². The van der Waals surface area contributed by atoms with E-state index < -0.39 is 5.60 Å². The van der Waals surface area contributed by atoms with Crippen molar-refractivity contribution in [3.05, 3.63) is 12.3 Å². The summed E-state index contributed by atoms with van der Waals surface area (Å²) in [4.78, 5) is 13.8. The van der Waals surface area contributed by atoms with Gasteiger partial charge < -0.3 is 10.0 Å². The lowest BCUT2D eigenvalue weighted by Crippen LogP contribution is -2.49. The van der Waals surface area contributed by atoms with Crippen LogP contribution in [0.3, 0.4) is 0 Å². The number of amides is 2. The number of rotatable bonds is 2. The molecular formula is C12H20N4O2. The molecule has 18 heavy (non-hydrogen) atoms. The lowest BCUT2D eigenvalue weighted by molar-refractivity contribution is 0.0117. The van der Waals surface area contributed by atoms with Gasteiger partial charge in [-0.1, -0.05) is 0 Å². The Morgan fingerprint density at radius 2 is 2.33 bits per heavy atom. The first-order valence-electron chi connectivity index (χ1n) is 6.17. The Kier molecular flexibility index (Phi) is 3.30. The first-order chi connectivity index (χ1) is 8.38. The molecule has 2 rings (SSSR count). The van der Waals surface area contributed by atoms with Crippen LogP contribution < -0.4 is 5.32 Å². The van der Waals surface area contributed by atoms with E-state index in [-0.39, 0.29) is 12.1 Å². The minimum atomic E-state index is -0.877. The van der Waals surface area contributed by atoms with Gasteiger partial charge in [-0.3, -0.25) is 10.00 Å². The maximum atomic E-state index is 12.1. The minimum Gasteiger partial charge on any atom is -0.388 e. The summed E-state index contributed by atoms with van der Waals surface area (Å²) in [5.41, 5.74) is -0.877. The maximum Gasteiger partial charge on any atom is 0.323 e. The second kappa shape index (κ2) is 4.61. The number of anilines is 1. The fourth-order valence-corrected chi connectivity index (χ4v) is 2.41. The van der Waals surface area contributed by atoms with E-state index in [0.717, 1.165) is 12.8 Å². The summed E-state index contributed by atoms with van der Waals surface area (Å²) in [7, 11) is 1.80. The minimum absolute atomic E-state index is 0.138. The van der Waals surface area contributed by atoms with Crippen molar-refractivity contribution >= 4 is 11.8 Å². The van der Waals surface area contributed by atoms with E-state index >= 15 is 0 Å². The lowest BCUT2D eigenvalue weighted by Gasteiger charge is -2.33. The maximum absolute atomic E-state index is 12.1. The Hall–Kier alpha value is -1.56. The molecule has 1 fully saturated rings. The van der Waals surface area contributed by atoms with Crippen molar-refractivity contribution in [3.63, 3.8) is 0 Å². The molecular weight excluding hydrogens is 232 g/mol. The summed E-state index contributed by atoms with van der Waals surface area (Å²) in [6.07, 6.45) is 3.52. The predicted molar refractivity (Wildman–Crippen MR) is 68.3 cm³/mol. The molecule has 1 aromatic rings. The predicted octanol–water partition coefficient (Wildman–Crippen LogP) is 1.19. The van der Waals surface area contributed by atoms with Crippen LogP contribution in [0.1, 0.15) is 26.7 Å². The number of carbonyl (C=O) groups is 1. The van der Waals surface area contributed by atoms with Gasteiger partial charge in [0.25, 0.3) is 0 Å². The topological polar surface area (TPSA) is 70.4 Å². The van der Waals surface area contributed by atoms with Gasteiger partial charge in [0.1, 0.15) is 0 Å². The van der Waals surface area contributed by atoms with E-state index in [4.69, 9.17) is 0 Å². The molecule has 0 bridgehead atoms. The Morgan fingerprint density at radius 3 is 2.89 bits per heavy atom. The first-order valence-corrected chi connectivity index (χ1v) is 6.17. The highest BCUT2D eigenvalue weighted by molar-refractivity contribution is 5.88. The van der Waals surface area contributed by atoms with E-state index in [9.17, 15) is 9.90 Å². The smallest absolute Gasteiger partial charge is 0.323 e. The molecule has 1 saturated heterocycles. The monoisotopic (exact) mass is 252 g/mol. The van der Waals surface area contributed by atoms with E-state index in [1.165, 1.54) is 0 Å². The molecule has 1 atom stereocenters. The molecule has 100 valence electrons. The molecule has 1 aromatic heterocycles. The molecule has 1 unspecified atom stereocenters. The zero-order chi connectivity index (χ0) is 13.3. The third kappa shape index (κ3) is 2.64. The summed E-state index contributed by atoms with van der Waals surface area (Å²) < 4.78 is 1.63. The first kappa shape index (κ1) is 12.9. The van der Waals surface area contributed by atoms with Gasteiger partial charge in [-0.25, -0.2) is 4.79 Å². The summed E-state index contributed by atoms with van der Waals surface area (Å²) in [5.74, 6) is 0.531. The second-order valence-electron chi connectivity index (χ2n) is 5.31. The number of hydrogen-bond donors (Lipinski definition) is 2. The van der Waals surface area contributed by atoms with Crippen LogP contribution in [0.2, 0.25) is 0 Å². The van der Waals surface area contributed by atoms with E-state index in [1.807, 2.05) is 0 Å². The average molecular weight is 252 g/mol. The average Bonchev–Trinajstić information content (AvgIpc) is 2.85. The van der Waals surface area contributed by atoms with Crippen molar-refractivity contribution in [2.75, 3.05) is 11.9 Å². The molecule has 1 aliphatic rings. The fourth-order valence-electron chi connectivity index (χ4n) is 2.41. The highest BCUT2D eigenvalue weighted by atomic mass is 16.3. The zero-order valence-electron chi connectivity index (χ0n) is 11.1. The van der Waals surface area contributed by atoms with E-state index in [1.54, 1.807) is 42.7 Å². The van der Waals surface area contributed by atoms with Crippen LogP contribution in [0.15, 0.2) is 12.3 Å². The number of hydrogen-bond acceptors (Lipinski definition) is 3. The third-order valence-electron chi connectivity index (χ3n) is 3.28. The summed E-state index contributed by atoms with van der Waals surface area (Å²) in [6.45, 7) is 4.15. The summed E-state index contributed by atoms with van der Waals surface area (Å²) in [6, 6.07) is 1.41. The number of nitrogens with one attached hydrogen (secondary N) is 1. The number of aryl methyl sites for hydroxylation is 1. The molecule has 2 amide bonds. The molecule has 1 aliphatic heterocycles. The van der Waals surface area contributed by atoms with Crippen molar-refractivity contribution < 1.29 is 9.90 Å². The number of urea groups is 1. The molecule has 0 radical (unpaired) electrons. The van der Waals surface area contributed by atoms with Crippen molar-refractivity contribution in [3.8, 4) is 0 Å². The van der Waals surface area contributed by atoms with Gasteiger partial charge in [0.15, 0.2) is 5.82 Å². The standard InChI is InChI=1S/C12H20N4O2/c1-12(2,18)9-5-4-7-16(9)11(17)13-10-6-8-15(3)14-10/h6,8-9,18H,4-5,7H2,1-3H3,(H,13,14,17). The molecule has 0 spiro atoms. The largest absolute Gasteiger partial charge is 0.388 e. The second-order valence-corrected chi connectivity index (χ2v) is 5.31. The quantitative estimate of drug-likeness (QED) is 0.830. The van der Waals surface area contributed by atoms with Crippen LogP contribution in [0.25, 0.3) is 0 Å². The van der Waals surface area contributed by atoms with Gasteiger partial charge in [0.05, 0.1) is 11.6 Å². The molecule has 2 N–H and O–H groups in total. The van der Waals surface area contributed by atoms with Crippen LogP contribution in [0, 0.1) is 0 Å². The summed E-state index contributed by atoms with van der Waals surface area (Å²) in [5, 5.41) is 16.9. The Labute approximate surface area is 107 Å². The highest BCUT2D eigenvalue weighted by Crippen LogP contribution is 2.27. The van der Waals surface area contributed by atoms with Crippen LogP contribution in [-0.4, -0.2) is 44.0 Å². The molecule has 0 aliphatic carbocycles. The van der Waals surface area contributed by atoms with Crippen LogP contribution >= 0.6 is 0 Å². The van der Waals surface area contributed by atoms with E-state index in [0.29, 0.717) is 12.4 Å². The number of carbonyl (C=O) groups excluding carboxylic acids is 1. The zero-order valence-corrected chi connectivity index (χ0v) is 11.1. The molecule has 0 aromatic carbocycles. The number of likely N-dealkylation sites (tertiary alicyclic amines) is 1. The fraction of sp³-hybridized carbons (Fsp3) is 0.667. The Bertz CT molecular complexity index is 436. The number of nitrogens with zero attached hydrogens (tertiary/aromatic N) is 3. The molecule has 6 nitrogen and oxygen atoms in total. The third-order valence-corrected chi connectivity index (χ3v) is 3.28. The normalized spacial score (nSPS) is 20.2. The van der Waals surface area contributed by atoms with Gasteiger partial charge >= 0.3 is 6.03 Å². The lowest BCUT2D eigenvalue weighted by atomic mass is 9.97. The Balaban J connectivity index is 2.04. The van der Waals surface area contributed by atoms with Gasteiger partial charge in [-0.2, -0.15) is 5.10 Å². The van der Waals surface area contributed by atoms with Crippen molar-refractivity contribution in [1.29, 1.82) is 0 Å². The van der Waals surface area contributed by atoms with Gasteiger partial charge in [0, 0.05) is 25.9 Å². The van der Waals surface area contributed by atoms with Gasteiger partial charge in [-0.15, -0.1) is 0 Å². The molecule has 0 saturated carbocycles.